The smallest absolute Gasteiger partial charge is 0.416 e. The van der Waals surface area contributed by atoms with Gasteiger partial charge in [-0.25, -0.2) is 0 Å². The van der Waals surface area contributed by atoms with Crippen molar-refractivity contribution in [1.29, 1.82) is 0 Å². The molecule has 28 heavy (non-hydrogen) atoms. The van der Waals surface area contributed by atoms with Crippen molar-refractivity contribution < 1.29 is 22.7 Å². The van der Waals surface area contributed by atoms with Gasteiger partial charge in [0.15, 0.2) is 6.23 Å². The molecule has 2 unspecified atom stereocenters. The molecule has 2 atom stereocenters. The first-order valence-corrected chi connectivity index (χ1v) is 9.76. The predicted octanol–water partition coefficient (Wildman–Crippen LogP) is 4.58. The van der Waals surface area contributed by atoms with Crippen LogP contribution >= 0.6 is 0 Å². The third-order valence-corrected chi connectivity index (χ3v) is 5.90. The van der Waals surface area contributed by atoms with E-state index in [1.165, 1.54) is 6.07 Å². The van der Waals surface area contributed by atoms with Crippen LogP contribution in [-0.4, -0.2) is 29.1 Å². The number of nitrogens with zero attached hydrogens (tertiary/aromatic N) is 1. The van der Waals surface area contributed by atoms with Crippen molar-refractivity contribution in [3.63, 3.8) is 0 Å². The average Bonchev–Trinajstić information content (AvgIpc) is 2.83. The van der Waals surface area contributed by atoms with Crippen molar-refractivity contribution in [2.75, 3.05) is 6.54 Å². The minimum atomic E-state index is -4.42. The molecule has 0 spiro atoms. The highest BCUT2D eigenvalue weighted by atomic mass is 19.4. The highest BCUT2D eigenvalue weighted by Crippen LogP contribution is 2.48. The van der Waals surface area contributed by atoms with Crippen LogP contribution in [0.5, 0.6) is 5.75 Å². The van der Waals surface area contributed by atoms with Crippen LogP contribution in [0, 0.1) is 11.3 Å². The van der Waals surface area contributed by atoms with Gasteiger partial charge in [0, 0.05) is 17.5 Å². The number of amides is 1. The standard InChI is InChI=1S/C21H29F3N2O2/c1-13(2)20(8-9-25-19(3,4)5)11-17-26(18(20)27)12-14-10-15(21(22,23)24)6-7-16(14)28-17/h6-7,10,13,17,25H,8-9,11-12H2,1-5H3. The Hall–Kier alpha value is -1.76. The number of rotatable bonds is 4. The van der Waals surface area contributed by atoms with Gasteiger partial charge in [0.25, 0.3) is 0 Å². The lowest BCUT2D eigenvalue weighted by Gasteiger charge is -2.33. The summed E-state index contributed by atoms with van der Waals surface area (Å²) in [6.45, 7) is 11.1. The maximum Gasteiger partial charge on any atom is 0.416 e. The molecule has 156 valence electrons. The first-order valence-electron chi connectivity index (χ1n) is 9.76. The van der Waals surface area contributed by atoms with Gasteiger partial charge in [-0.05, 0) is 57.9 Å². The van der Waals surface area contributed by atoms with E-state index in [4.69, 9.17) is 4.74 Å². The lowest BCUT2D eigenvalue weighted by Crippen LogP contribution is -2.44. The molecule has 0 saturated carbocycles. The molecular formula is C21H29F3N2O2. The second-order valence-electron chi connectivity index (χ2n) is 9.27. The minimum Gasteiger partial charge on any atom is -0.470 e. The number of carbonyl (C=O) groups excluding carboxylic acids is 1. The van der Waals surface area contributed by atoms with Gasteiger partial charge >= 0.3 is 6.18 Å². The van der Waals surface area contributed by atoms with Gasteiger partial charge in [0.2, 0.25) is 5.91 Å². The third kappa shape index (κ3) is 3.86. The van der Waals surface area contributed by atoms with Gasteiger partial charge in [-0.1, -0.05) is 13.8 Å². The molecule has 0 bridgehead atoms. The number of carbonyl (C=O) groups is 1. The molecule has 7 heteroatoms. The minimum absolute atomic E-state index is 0.0220. The Balaban J connectivity index is 1.83. The van der Waals surface area contributed by atoms with E-state index in [0.717, 1.165) is 12.1 Å². The van der Waals surface area contributed by atoms with E-state index >= 15 is 0 Å². The number of nitrogens with one attached hydrogen (secondary N) is 1. The molecule has 4 nitrogen and oxygen atoms in total. The van der Waals surface area contributed by atoms with Gasteiger partial charge in [0.05, 0.1) is 17.5 Å². The summed E-state index contributed by atoms with van der Waals surface area (Å²) in [7, 11) is 0. The Labute approximate surface area is 164 Å². The van der Waals surface area contributed by atoms with E-state index in [2.05, 4.69) is 26.1 Å². The van der Waals surface area contributed by atoms with Gasteiger partial charge in [-0.15, -0.1) is 0 Å². The summed E-state index contributed by atoms with van der Waals surface area (Å²) < 4.78 is 45.1. The molecule has 2 aliphatic rings. The third-order valence-electron chi connectivity index (χ3n) is 5.90. The number of halogens is 3. The van der Waals surface area contributed by atoms with Gasteiger partial charge in [0.1, 0.15) is 5.75 Å². The van der Waals surface area contributed by atoms with E-state index in [-0.39, 0.29) is 23.9 Å². The van der Waals surface area contributed by atoms with Crippen molar-refractivity contribution in [2.24, 2.45) is 11.3 Å². The molecule has 1 saturated heterocycles. The summed E-state index contributed by atoms with van der Waals surface area (Å²) in [6.07, 6.45) is -3.62. The second-order valence-corrected chi connectivity index (χ2v) is 9.27. The Bertz CT molecular complexity index is 755. The zero-order valence-corrected chi connectivity index (χ0v) is 17.1. The van der Waals surface area contributed by atoms with E-state index in [1.807, 2.05) is 13.8 Å². The predicted molar refractivity (Wildman–Crippen MR) is 101 cm³/mol. The zero-order valence-electron chi connectivity index (χ0n) is 17.1. The molecule has 1 amide bonds. The number of ether oxygens (including phenoxy) is 1. The molecule has 2 heterocycles. The van der Waals surface area contributed by atoms with Crippen LogP contribution in [0.1, 0.15) is 58.6 Å². The van der Waals surface area contributed by atoms with Crippen LogP contribution in [0.4, 0.5) is 13.2 Å². The summed E-state index contributed by atoms with van der Waals surface area (Å²) in [5.41, 5.74) is -0.929. The van der Waals surface area contributed by atoms with Crippen LogP contribution in [-0.2, 0) is 17.5 Å². The van der Waals surface area contributed by atoms with E-state index in [0.29, 0.717) is 30.7 Å². The molecular weight excluding hydrogens is 369 g/mol. The first-order chi connectivity index (χ1) is 12.8. The average molecular weight is 398 g/mol. The second kappa shape index (κ2) is 6.94. The fourth-order valence-electron chi connectivity index (χ4n) is 4.17. The molecule has 1 N–H and O–H groups in total. The van der Waals surface area contributed by atoms with Crippen molar-refractivity contribution in [3.8, 4) is 5.75 Å². The largest absolute Gasteiger partial charge is 0.470 e. The monoisotopic (exact) mass is 398 g/mol. The Kier molecular flexibility index (Phi) is 5.19. The first kappa shape index (κ1) is 21.0. The Morgan fingerprint density at radius 1 is 1.29 bits per heavy atom. The quantitative estimate of drug-likeness (QED) is 0.807. The van der Waals surface area contributed by atoms with E-state index in [1.54, 1.807) is 4.90 Å². The summed E-state index contributed by atoms with van der Waals surface area (Å²) >= 11 is 0. The van der Waals surface area contributed by atoms with Crippen LogP contribution in [0.25, 0.3) is 0 Å². The molecule has 2 aliphatic heterocycles. The molecule has 0 aromatic heterocycles. The fourth-order valence-corrected chi connectivity index (χ4v) is 4.17. The van der Waals surface area contributed by atoms with Crippen LogP contribution in [0.2, 0.25) is 0 Å². The van der Waals surface area contributed by atoms with Gasteiger partial charge in [-0.3, -0.25) is 4.79 Å². The van der Waals surface area contributed by atoms with Crippen molar-refractivity contribution >= 4 is 5.91 Å². The maximum absolute atomic E-state index is 13.3. The van der Waals surface area contributed by atoms with Crippen molar-refractivity contribution in [2.45, 2.75) is 71.9 Å². The summed E-state index contributed by atoms with van der Waals surface area (Å²) in [6, 6.07) is 3.50. The Morgan fingerprint density at radius 2 is 1.96 bits per heavy atom. The van der Waals surface area contributed by atoms with Crippen molar-refractivity contribution in [3.05, 3.63) is 29.3 Å². The number of benzene rings is 1. The van der Waals surface area contributed by atoms with E-state index < -0.39 is 23.4 Å². The molecule has 3 rings (SSSR count). The van der Waals surface area contributed by atoms with Gasteiger partial charge in [-0.2, -0.15) is 13.2 Å². The molecule has 0 aliphatic carbocycles. The zero-order chi connectivity index (χ0) is 20.9. The highest BCUT2D eigenvalue weighted by Gasteiger charge is 2.55. The fraction of sp³-hybridized carbons (Fsp3) is 0.667. The van der Waals surface area contributed by atoms with Gasteiger partial charge < -0.3 is 15.0 Å². The van der Waals surface area contributed by atoms with Crippen LogP contribution in [0.3, 0.4) is 0 Å². The number of hydrogen-bond acceptors (Lipinski definition) is 3. The Morgan fingerprint density at radius 3 is 2.54 bits per heavy atom. The lowest BCUT2D eigenvalue weighted by atomic mass is 9.73. The van der Waals surface area contributed by atoms with E-state index in [9.17, 15) is 18.0 Å². The van der Waals surface area contributed by atoms with Crippen LogP contribution in [0.15, 0.2) is 18.2 Å². The topological polar surface area (TPSA) is 41.6 Å². The molecule has 0 radical (unpaired) electrons. The summed E-state index contributed by atoms with van der Waals surface area (Å²) in [4.78, 5) is 15.0. The lowest BCUT2D eigenvalue weighted by molar-refractivity contribution is -0.142. The summed E-state index contributed by atoms with van der Waals surface area (Å²) in [5, 5.41) is 3.43. The molecule has 1 aromatic rings. The van der Waals surface area contributed by atoms with Crippen LogP contribution < -0.4 is 10.1 Å². The highest BCUT2D eigenvalue weighted by molar-refractivity contribution is 5.86. The maximum atomic E-state index is 13.3. The summed E-state index contributed by atoms with van der Waals surface area (Å²) in [5.74, 6) is 0.519. The molecule has 1 aromatic carbocycles. The number of fused-ring (bicyclic) bond motifs is 2. The SMILES string of the molecule is CC(C)C1(CCNC(C)(C)C)CC2Oc3ccc(C(F)(F)F)cc3CN2C1=O. The number of hydrogen-bond donors (Lipinski definition) is 1. The number of alkyl halides is 3. The molecule has 1 fully saturated rings. The van der Waals surface area contributed by atoms with Crippen molar-refractivity contribution in [1.82, 2.24) is 10.2 Å². The normalized spacial score (nSPS) is 25.0.